The van der Waals surface area contributed by atoms with Crippen molar-refractivity contribution in [2.45, 2.75) is 20.3 Å². The first-order valence-electron chi connectivity index (χ1n) is 9.83. The van der Waals surface area contributed by atoms with E-state index in [9.17, 15) is 9.13 Å². The lowest BCUT2D eigenvalue weighted by atomic mass is 9.93. The molecule has 2 saturated heterocycles. The first kappa shape index (κ1) is 23.4. The van der Waals surface area contributed by atoms with Crippen LogP contribution in [0.5, 0.6) is 0 Å². The first-order valence-corrected chi connectivity index (χ1v) is 13.3. The van der Waals surface area contributed by atoms with Crippen LogP contribution >= 0.6 is 15.2 Å². The maximum Gasteiger partial charge on any atom is 0.331 e. The average molecular weight is 452 g/mol. The van der Waals surface area contributed by atoms with Gasteiger partial charge in [0.1, 0.15) is 0 Å². The SMILES string of the molecule is C.O=P1(CCc2ccccc2)OCC2(CO1)COP(=O)(CCc1ccccc1)OC2. The van der Waals surface area contributed by atoms with Crippen molar-refractivity contribution in [2.24, 2.45) is 5.41 Å². The quantitative estimate of drug-likeness (QED) is 0.534. The molecule has 2 fully saturated rings. The summed E-state index contributed by atoms with van der Waals surface area (Å²) in [6, 6.07) is 19.7. The molecule has 8 heteroatoms. The molecule has 1 spiro atoms. The van der Waals surface area contributed by atoms with Gasteiger partial charge in [-0.1, -0.05) is 68.1 Å². The minimum absolute atomic E-state index is 0. The molecular formula is C22H30O6P2. The molecule has 0 aromatic heterocycles. The molecule has 6 nitrogen and oxygen atoms in total. The highest BCUT2D eigenvalue weighted by molar-refractivity contribution is 7.54. The van der Waals surface area contributed by atoms with Crippen LogP contribution < -0.4 is 0 Å². The van der Waals surface area contributed by atoms with Gasteiger partial charge in [0.2, 0.25) is 0 Å². The molecule has 0 amide bonds. The lowest BCUT2D eigenvalue weighted by Gasteiger charge is -2.43. The van der Waals surface area contributed by atoms with Gasteiger partial charge < -0.3 is 18.1 Å². The zero-order valence-corrected chi connectivity index (χ0v) is 18.1. The summed E-state index contributed by atoms with van der Waals surface area (Å²) in [5.74, 6) is 0. The van der Waals surface area contributed by atoms with Crippen LogP contribution in [0.2, 0.25) is 0 Å². The smallest absolute Gasteiger partial charge is 0.308 e. The third kappa shape index (κ3) is 5.91. The van der Waals surface area contributed by atoms with Gasteiger partial charge in [0.15, 0.2) is 0 Å². The number of rotatable bonds is 6. The predicted molar refractivity (Wildman–Crippen MR) is 118 cm³/mol. The summed E-state index contributed by atoms with van der Waals surface area (Å²) >= 11 is 0. The van der Waals surface area contributed by atoms with E-state index in [1.54, 1.807) is 0 Å². The third-order valence-corrected chi connectivity index (χ3v) is 8.94. The molecule has 2 aromatic carbocycles. The van der Waals surface area contributed by atoms with Crippen LogP contribution in [0.25, 0.3) is 0 Å². The highest BCUT2D eigenvalue weighted by Crippen LogP contribution is 2.59. The summed E-state index contributed by atoms with van der Waals surface area (Å²) in [5.41, 5.74) is 1.64. The molecule has 164 valence electrons. The van der Waals surface area contributed by atoms with E-state index in [0.717, 1.165) is 11.1 Å². The van der Waals surface area contributed by atoms with E-state index in [1.807, 2.05) is 60.7 Å². The summed E-state index contributed by atoms with van der Waals surface area (Å²) in [6.45, 7) is 0.880. The Kier molecular flexibility index (Phi) is 7.73. The van der Waals surface area contributed by atoms with E-state index < -0.39 is 20.6 Å². The Bertz CT molecular complexity index is 799. The summed E-state index contributed by atoms with van der Waals surface area (Å²) in [7, 11) is -6.27. The van der Waals surface area contributed by atoms with E-state index in [-0.39, 0.29) is 33.9 Å². The predicted octanol–water partition coefficient (Wildman–Crippen LogP) is 5.57. The van der Waals surface area contributed by atoms with Gasteiger partial charge in [-0.05, 0) is 24.0 Å². The summed E-state index contributed by atoms with van der Waals surface area (Å²) in [4.78, 5) is 0. The van der Waals surface area contributed by atoms with Crippen LogP contribution in [-0.2, 0) is 40.1 Å². The number of hydrogen-bond acceptors (Lipinski definition) is 6. The van der Waals surface area contributed by atoms with Gasteiger partial charge in [-0.25, -0.2) is 0 Å². The summed E-state index contributed by atoms with van der Waals surface area (Å²) in [6.07, 6.45) is 1.94. The minimum atomic E-state index is -3.14. The van der Waals surface area contributed by atoms with Crippen molar-refractivity contribution in [1.29, 1.82) is 0 Å². The molecule has 2 aliphatic rings. The van der Waals surface area contributed by atoms with Gasteiger partial charge in [0.25, 0.3) is 0 Å². The van der Waals surface area contributed by atoms with E-state index in [4.69, 9.17) is 18.1 Å². The lowest BCUT2D eigenvalue weighted by molar-refractivity contribution is -0.0683. The van der Waals surface area contributed by atoms with Gasteiger partial charge in [0.05, 0.1) is 44.2 Å². The zero-order valence-electron chi connectivity index (χ0n) is 16.3. The highest BCUT2D eigenvalue weighted by Gasteiger charge is 2.48. The van der Waals surface area contributed by atoms with Crippen LogP contribution in [-0.4, -0.2) is 38.8 Å². The monoisotopic (exact) mass is 452 g/mol. The van der Waals surface area contributed by atoms with Crippen LogP contribution in [0.3, 0.4) is 0 Å². The second-order valence-electron chi connectivity index (χ2n) is 7.73. The molecule has 0 atom stereocenters. The first-order chi connectivity index (χ1) is 14.0. The van der Waals surface area contributed by atoms with Crippen molar-refractivity contribution in [3.63, 3.8) is 0 Å². The van der Waals surface area contributed by atoms with Gasteiger partial charge >= 0.3 is 15.2 Å². The molecule has 30 heavy (non-hydrogen) atoms. The van der Waals surface area contributed by atoms with Gasteiger partial charge in [-0.3, -0.25) is 9.13 Å². The number of benzene rings is 2. The largest absolute Gasteiger partial charge is 0.331 e. The molecule has 0 saturated carbocycles. The fraction of sp³-hybridized carbons (Fsp3) is 0.455. The number of hydrogen-bond donors (Lipinski definition) is 0. The Morgan fingerprint density at radius 1 is 0.633 bits per heavy atom. The van der Waals surface area contributed by atoms with Gasteiger partial charge in [-0.2, -0.15) is 0 Å². The molecule has 0 bridgehead atoms. The molecule has 0 aliphatic carbocycles. The molecule has 0 N–H and O–H groups in total. The second kappa shape index (κ2) is 9.91. The van der Waals surface area contributed by atoms with E-state index in [0.29, 0.717) is 25.2 Å². The van der Waals surface area contributed by atoms with E-state index in [1.165, 1.54) is 0 Å². The molecule has 0 radical (unpaired) electrons. The standard InChI is InChI=1S/C21H26O6P2.CH4/c22-28(13-11-19-7-3-1-4-8-19)24-15-21(16-25-28)17-26-29(23,27-18-21)14-12-20-9-5-2-6-10-20;/h1-10H,11-18H2;1H4. The summed E-state index contributed by atoms with van der Waals surface area (Å²) < 4.78 is 48.3. The topological polar surface area (TPSA) is 71.1 Å². The molecule has 2 aliphatic heterocycles. The van der Waals surface area contributed by atoms with Crippen molar-refractivity contribution < 1.29 is 27.2 Å². The maximum absolute atomic E-state index is 12.8. The molecule has 0 unspecified atom stereocenters. The zero-order chi connectivity index (χ0) is 20.2. The number of aryl methyl sites for hydroxylation is 2. The minimum Gasteiger partial charge on any atom is -0.308 e. The van der Waals surface area contributed by atoms with Crippen molar-refractivity contribution >= 4 is 15.2 Å². The summed E-state index contributed by atoms with van der Waals surface area (Å²) in [5, 5.41) is 0. The van der Waals surface area contributed by atoms with Crippen molar-refractivity contribution in [3.8, 4) is 0 Å². The molecule has 2 heterocycles. The Morgan fingerprint density at radius 2 is 0.967 bits per heavy atom. The van der Waals surface area contributed by atoms with Crippen molar-refractivity contribution in [2.75, 3.05) is 38.8 Å². The van der Waals surface area contributed by atoms with Crippen molar-refractivity contribution in [1.82, 2.24) is 0 Å². The van der Waals surface area contributed by atoms with Crippen LogP contribution in [0, 0.1) is 5.41 Å². The third-order valence-electron chi connectivity index (χ3n) is 5.30. The Labute approximate surface area is 179 Å². The molecule has 2 aromatic rings. The van der Waals surface area contributed by atoms with E-state index >= 15 is 0 Å². The average Bonchev–Trinajstić information content (AvgIpc) is 2.77. The fourth-order valence-electron chi connectivity index (χ4n) is 3.35. The van der Waals surface area contributed by atoms with Crippen LogP contribution in [0.1, 0.15) is 18.6 Å². The highest BCUT2D eigenvalue weighted by atomic mass is 31.2. The van der Waals surface area contributed by atoms with Gasteiger partial charge in [-0.15, -0.1) is 0 Å². The van der Waals surface area contributed by atoms with Crippen molar-refractivity contribution in [3.05, 3.63) is 71.8 Å². The Balaban J connectivity index is 0.00000256. The maximum atomic E-state index is 12.8. The van der Waals surface area contributed by atoms with Gasteiger partial charge in [0, 0.05) is 0 Å². The molecule has 4 rings (SSSR count). The second-order valence-corrected chi connectivity index (χ2v) is 12.1. The normalized spacial score (nSPS) is 31.2. The van der Waals surface area contributed by atoms with Crippen LogP contribution in [0.4, 0.5) is 0 Å². The Hall–Kier alpha value is -1.26. The lowest BCUT2D eigenvalue weighted by Crippen LogP contribution is -2.46. The Morgan fingerprint density at radius 3 is 1.30 bits per heavy atom. The molecular weight excluding hydrogens is 422 g/mol. The van der Waals surface area contributed by atoms with Crippen LogP contribution in [0.15, 0.2) is 60.7 Å². The fourth-order valence-corrected chi connectivity index (χ4v) is 6.96. The van der Waals surface area contributed by atoms with E-state index in [2.05, 4.69) is 0 Å².